The van der Waals surface area contributed by atoms with Crippen molar-refractivity contribution in [2.75, 3.05) is 38.8 Å². The van der Waals surface area contributed by atoms with Crippen LogP contribution in [0.2, 0.25) is 0 Å². The van der Waals surface area contributed by atoms with Crippen molar-refractivity contribution in [2.45, 2.75) is 46.8 Å². The molecule has 0 bridgehead atoms. The van der Waals surface area contributed by atoms with Crippen LogP contribution < -0.4 is 15.4 Å². The van der Waals surface area contributed by atoms with Gasteiger partial charge in [0.15, 0.2) is 5.96 Å². The Morgan fingerprint density at radius 3 is 2.48 bits per heavy atom. The topological polar surface area (TPSA) is 90.1 Å². The molecule has 0 aliphatic rings. The van der Waals surface area contributed by atoms with E-state index < -0.39 is 0 Å². The van der Waals surface area contributed by atoms with E-state index in [1.54, 1.807) is 7.11 Å². The van der Waals surface area contributed by atoms with Crippen LogP contribution in [0.5, 0.6) is 5.75 Å². The van der Waals surface area contributed by atoms with Crippen molar-refractivity contribution in [1.82, 2.24) is 10.3 Å². The summed E-state index contributed by atoms with van der Waals surface area (Å²) in [5.74, 6) is 2.89. The Morgan fingerprint density at radius 2 is 1.87 bits per heavy atom. The lowest BCUT2D eigenvalue weighted by molar-refractivity contribution is 0.0699. The largest absolute Gasteiger partial charge is 0.491 e. The average Bonchev–Trinajstić information content (AvgIpc) is 3.03. The fourth-order valence-electron chi connectivity index (χ4n) is 2.54. The van der Waals surface area contributed by atoms with Gasteiger partial charge in [-0.15, -0.1) is 24.0 Å². The highest BCUT2D eigenvalue weighted by Gasteiger charge is 2.07. The summed E-state index contributed by atoms with van der Waals surface area (Å²) in [6.45, 7) is 10.8. The van der Waals surface area contributed by atoms with Crippen LogP contribution in [0.4, 0.5) is 5.69 Å². The minimum atomic E-state index is 0. The number of oxazole rings is 1. The van der Waals surface area contributed by atoms with E-state index >= 15 is 0 Å². The third-order valence-corrected chi connectivity index (χ3v) is 4.12. The number of nitrogens with zero attached hydrogens (tertiary/aromatic N) is 2. The van der Waals surface area contributed by atoms with Crippen LogP contribution in [-0.2, 0) is 16.0 Å². The molecule has 0 aliphatic carbocycles. The Morgan fingerprint density at radius 1 is 1.13 bits per heavy atom. The minimum absolute atomic E-state index is 0. The first-order valence-electron chi connectivity index (χ1n) is 10.3. The molecule has 8 nitrogen and oxygen atoms in total. The van der Waals surface area contributed by atoms with E-state index in [4.69, 9.17) is 18.6 Å². The Balaban J connectivity index is 0.00000480. The number of hydrogen-bond acceptors (Lipinski definition) is 6. The fraction of sp³-hybridized carbons (Fsp3) is 0.545. The molecular weight excluding hydrogens is 511 g/mol. The van der Waals surface area contributed by atoms with E-state index in [-0.39, 0.29) is 30.1 Å². The molecule has 0 atom stereocenters. The standard InChI is InChI=1S/C22H34N4O4.HI/c1-16(2)29-20-9-7-19(8-10-20)26-22(23-11-6-12-28-14-13-27-5)24-15-21-25-17(3)18(4)30-21;/h7-10,16H,6,11-15H2,1-5H3,(H2,23,24,26);1H. The number of aryl methyl sites for hydroxylation is 2. The molecule has 0 aliphatic heterocycles. The van der Waals surface area contributed by atoms with Crippen LogP contribution in [0.25, 0.3) is 0 Å². The van der Waals surface area contributed by atoms with Gasteiger partial charge < -0.3 is 29.3 Å². The highest BCUT2D eigenvalue weighted by molar-refractivity contribution is 14.0. The SMILES string of the molecule is COCCOCCCNC(=NCc1nc(C)c(C)o1)Nc1ccc(OC(C)C)cc1.I. The first-order valence-corrected chi connectivity index (χ1v) is 10.3. The summed E-state index contributed by atoms with van der Waals surface area (Å²) in [6, 6.07) is 7.79. The number of benzene rings is 1. The first-order chi connectivity index (χ1) is 14.5. The molecule has 9 heteroatoms. The second kappa shape index (κ2) is 15.0. The normalized spacial score (nSPS) is 11.4. The molecule has 174 valence electrons. The van der Waals surface area contributed by atoms with E-state index in [2.05, 4.69) is 20.6 Å². The van der Waals surface area contributed by atoms with Gasteiger partial charge in [0.25, 0.3) is 0 Å². The van der Waals surface area contributed by atoms with Crippen LogP contribution in [0, 0.1) is 13.8 Å². The third kappa shape index (κ3) is 10.8. The summed E-state index contributed by atoms with van der Waals surface area (Å²) >= 11 is 0. The molecule has 1 heterocycles. The maximum absolute atomic E-state index is 5.70. The van der Waals surface area contributed by atoms with Crippen molar-refractivity contribution in [3.63, 3.8) is 0 Å². The van der Waals surface area contributed by atoms with Crippen molar-refractivity contribution in [3.8, 4) is 5.75 Å². The number of halogens is 1. The van der Waals surface area contributed by atoms with E-state index in [1.165, 1.54) is 0 Å². The number of rotatable bonds is 12. The van der Waals surface area contributed by atoms with Gasteiger partial charge in [-0.1, -0.05) is 0 Å². The van der Waals surface area contributed by atoms with Gasteiger partial charge in [0.2, 0.25) is 5.89 Å². The van der Waals surface area contributed by atoms with Gasteiger partial charge >= 0.3 is 0 Å². The molecule has 0 saturated heterocycles. The van der Waals surface area contributed by atoms with Crippen molar-refractivity contribution in [2.24, 2.45) is 4.99 Å². The van der Waals surface area contributed by atoms with Crippen molar-refractivity contribution in [1.29, 1.82) is 0 Å². The maximum Gasteiger partial charge on any atom is 0.216 e. The monoisotopic (exact) mass is 546 g/mol. The number of guanidine groups is 1. The molecule has 2 N–H and O–H groups in total. The summed E-state index contributed by atoms with van der Waals surface area (Å²) in [6.07, 6.45) is 0.990. The van der Waals surface area contributed by atoms with Gasteiger partial charge in [0.1, 0.15) is 18.1 Å². The molecule has 0 unspecified atom stereocenters. The highest BCUT2D eigenvalue weighted by atomic mass is 127. The van der Waals surface area contributed by atoms with Gasteiger partial charge in [0, 0.05) is 25.9 Å². The molecule has 1 aromatic carbocycles. The number of methoxy groups -OCH3 is 1. The van der Waals surface area contributed by atoms with Gasteiger partial charge in [-0.2, -0.15) is 0 Å². The molecule has 0 spiro atoms. The lowest BCUT2D eigenvalue weighted by Crippen LogP contribution is -2.32. The second-order valence-electron chi connectivity index (χ2n) is 7.12. The Kier molecular flexibility index (Phi) is 13.2. The molecule has 0 fully saturated rings. The Labute approximate surface area is 202 Å². The van der Waals surface area contributed by atoms with Gasteiger partial charge in [-0.3, -0.25) is 0 Å². The molecular formula is C22H35IN4O4. The van der Waals surface area contributed by atoms with Crippen LogP contribution in [0.1, 0.15) is 37.6 Å². The number of anilines is 1. The smallest absolute Gasteiger partial charge is 0.216 e. The number of ether oxygens (including phenoxy) is 3. The molecule has 31 heavy (non-hydrogen) atoms. The predicted octanol–water partition coefficient (Wildman–Crippen LogP) is 4.31. The predicted molar refractivity (Wildman–Crippen MR) is 134 cm³/mol. The summed E-state index contributed by atoms with van der Waals surface area (Å²) in [7, 11) is 1.66. The number of nitrogens with one attached hydrogen (secondary N) is 2. The zero-order valence-corrected chi connectivity index (χ0v) is 21.4. The molecule has 1 aromatic heterocycles. The molecule has 2 aromatic rings. The van der Waals surface area contributed by atoms with Crippen molar-refractivity contribution >= 4 is 35.6 Å². The van der Waals surface area contributed by atoms with Crippen molar-refractivity contribution in [3.05, 3.63) is 41.6 Å². The van der Waals surface area contributed by atoms with Crippen LogP contribution >= 0.6 is 24.0 Å². The average molecular weight is 546 g/mol. The number of aromatic nitrogens is 1. The van der Waals surface area contributed by atoms with E-state index in [0.29, 0.717) is 38.2 Å². The van der Waals surface area contributed by atoms with Crippen LogP contribution in [-0.4, -0.2) is 50.5 Å². The van der Waals surface area contributed by atoms with Crippen molar-refractivity contribution < 1.29 is 18.6 Å². The third-order valence-electron chi connectivity index (χ3n) is 4.12. The molecule has 2 rings (SSSR count). The summed E-state index contributed by atoms with van der Waals surface area (Å²) < 4.78 is 21.8. The van der Waals surface area contributed by atoms with E-state index in [0.717, 1.165) is 35.9 Å². The lowest BCUT2D eigenvalue weighted by atomic mass is 10.3. The summed E-state index contributed by atoms with van der Waals surface area (Å²) in [5, 5.41) is 6.64. The van der Waals surface area contributed by atoms with Crippen LogP contribution in [0.15, 0.2) is 33.7 Å². The van der Waals surface area contributed by atoms with Gasteiger partial charge in [-0.05, 0) is 58.4 Å². The van der Waals surface area contributed by atoms with Crippen LogP contribution in [0.3, 0.4) is 0 Å². The zero-order chi connectivity index (χ0) is 21.8. The molecule has 0 saturated carbocycles. The fourth-order valence-corrected chi connectivity index (χ4v) is 2.54. The minimum Gasteiger partial charge on any atom is -0.491 e. The summed E-state index contributed by atoms with van der Waals surface area (Å²) in [4.78, 5) is 9.00. The summed E-state index contributed by atoms with van der Waals surface area (Å²) in [5.41, 5.74) is 1.80. The first kappa shape index (κ1) is 27.2. The molecule has 0 radical (unpaired) electrons. The number of hydrogen-bond donors (Lipinski definition) is 2. The number of aliphatic imine (C=N–C) groups is 1. The Hall–Kier alpha value is -1.85. The van der Waals surface area contributed by atoms with Gasteiger partial charge in [0.05, 0.1) is 25.0 Å². The molecule has 0 amide bonds. The Bertz CT molecular complexity index is 759. The van der Waals surface area contributed by atoms with E-state index in [9.17, 15) is 0 Å². The lowest BCUT2D eigenvalue weighted by Gasteiger charge is -2.14. The second-order valence-corrected chi connectivity index (χ2v) is 7.12. The zero-order valence-electron chi connectivity index (χ0n) is 19.1. The van der Waals surface area contributed by atoms with E-state index in [1.807, 2.05) is 52.0 Å². The van der Waals surface area contributed by atoms with Gasteiger partial charge in [-0.25, -0.2) is 9.98 Å². The quantitative estimate of drug-likeness (QED) is 0.178. The maximum atomic E-state index is 5.70. The highest BCUT2D eigenvalue weighted by Crippen LogP contribution is 2.17.